The molecule has 19 heavy (non-hydrogen) atoms. The first kappa shape index (κ1) is 11.8. The largest absolute Gasteiger partial charge is 0.336 e. The molecule has 1 amide bonds. The fourth-order valence-corrected chi connectivity index (χ4v) is 2.47. The van der Waals surface area contributed by atoms with Crippen molar-refractivity contribution in [3.63, 3.8) is 0 Å². The van der Waals surface area contributed by atoms with Crippen molar-refractivity contribution in [1.29, 1.82) is 0 Å². The van der Waals surface area contributed by atoms with Crippen LogP contribution < -0.4 is 0 Å². The van der Waals surface area contributed by atoms with Gasteiger partial charge in [-0.3, -0.25) is 4.79 Å². The molecule has 0 spiro atoms. The van der Waals surface area contributed by atoms with Crippen LogP contribution in [0, 0.1) is 6.92 Å². The Bertz CT molecular complexity index is 621. The summed E-state index contributed by atoms with van der Waals surface area (Å²) in [5, 5.41) is 8.44. The summed E-state index contributed by atoms with van der Waals surface area (Å²) in [5.74, 6) is 0.808. The molecule has 1 unspecified atom stereocenters. The second-order valence-electron chi connectivity index (χ2n) is 4.75. The van der Waals surface area contributed by atoms with Gasteiger partial charge in [0.15, 0.2) is 5.82 Å². The van der Waals surface area contributed by atoms with Crippen molar-refractivity contribution >= 4 is 6.41 Å². The molecule has 2 aromatic heterocycles. The number of pyridine rings is 1. The van der Waals surface area contributed by atoms with E-state index in [2.05, 4.69) is 15.3 Å². The number of fused-ring (bicyclic) bond motifs is 1. The van der Waals surface area contributed by atoms with E-state index in [4.69, 9.17) is 0 Å². The maximum absolute atomic E-state index is 11.0. The Kier molecular flexibility index (Phi) is 2.77. The topological polar surface area (TPSA) is 63.9 Å². The summed E-state index contributed by atoms with van der Waals surface area (Å²) >= 11 is 0. The van der Waals surface area contributed by atoms with E-state index in [9.17, 15) is 4.79 Å². The van der Waals surface area contributed by atoms with Crippen molar-refractivity contribution in [3.05, 3.63) is 35.3 Å². The van der Waals surface area contributed by atoms with Crippen molar-refractivity contribution < 1.29 is 4.79 Å². The normalized spacial score (nSPS) is 18.2. The van der Waals surface area contributed by atoms with Gasteiger partial charge in [0.25, 0.3) is 0 Å². The average Bonchev–Trinajstić information content (AvgIpc) is 2.84. The fraction of sp³-hybridized carbons (Fsp3) is 0.385. The molecule has 6 heteroatoms. The fourth-order valence-electron chi connectivity index (χ4n) is 2.47. The molecule has 1 aliphatic heterocycles. The summed E-state index contributed by atoms with van der Waals surface area (Å²) in [6, 6.07) is 3.87. The number of rotatable bonds is 2. The Morgan fingerprint density at radius 1 is 1.47 bits per heavy atom. The lowest BCUT2D eigenvalue weighted by Gasteiger charge is -2.28. The molecular formula is C13H15N5O. The monoisotopic (exact) mass is 257 g/mol. The first-order valence-corrected chi connectivity index (χ1v) is 6.30. The van der Waals surface area contributed by atoms with E-state index < -0.39 is 0 Å². The lowest BCUT2D eigenvalue weighted by atomic mass is 10.0. The number of aromatic nitrogens is 4. The molecule has 3 heterocycles. The number of hydrogen-bond acceptors (Lipinski definition) is 4. The second kappa shape index (κ2) is 4.46. The predicted octanol–water partition coefficient (Wildman–Crippen LogP) is 1.05. The van der Waals surface area contributed by atoms with E-state index in [1.165, 1.54) is 0 Å². The van der Waals surface area contributed by atoms with E-state index in [0.717, 1.165) is 35.6 Å². The Balaban J connectivity index is 2.08. The molecule has 1 aliphatic rings. The van der Waals surface area contributed by atoms with Gasteiger partial charge in [-0.05, 0) is 25.5 Å². The van der Waals surface area contributed by atoms with Crippen LogP contribution in [-0.4, -0.2) is 37.8 Å². The molecule has 3 rings (SSSR count). The highest BCUT2D eigenvalue weighted by molar-refractivity contribution is 5.50. The minimum absolute atomic E-state index is 0.0287. The predicted molar refractivity (Wildman–Crippen MR) is 68.8 cm³/mol. The van der Waals surface area contributed by atoms with Crippen molar-refractivity contribution in [3.8, 4) is 5.82 Å². The summed E-state index contributed by atoms with van der Waals surface area (Å²) in [5.41, 5.74) is 2.97. The molecule has 0 aliphatic carbocycles. The minimum atomic E-state index is -0.0287. The number of carbonyl (C=O) groups is 1. The van der Waals surface area contributed by atoms with Crippen molar-refractivity contribution in [1.82, 2.24) is 24.9 Å². The Labute approximate surface area is 111 Å². The third-order valence-corrected chi connectivity index (χ3v) is 3.61. The Morgan fingerprint density at radius 2 is 2.32 bits per heavy atom. The van der Waals surface area contributed by atoms with Crippen LogP contribution in [-0.2, 0) is 11.2 Å². The summed E-state index contributed by atoms with van der Waals surface area (Å²) < 4.78 is 1.79. The zero-order chi connectivity index (χ0) is 13.4. The quantitative estimate of drug-likeness (QED) is 0.754. The van der Waals surface area contributed by atoms with Gasteiger partial charge in [0, 0.05) is 19.2 Å². The zero-order valence-corrected chi connectivity index (χ0v) is 10.9. The maximum Gasteiger partial charge on any atom is 0.210 e. The standard InChI is InChI=1S/C13H15N5O/c1-9-4-3-6-14-13(9)18-11-5-7-17(8-19)10(2)12(11)15-16-18/h3-4,6,8,10H,5,7H2,1-2H3. The van der Waals surface area contributed by atoms with Gasteiger partial charge < -0.3 is 4.90 Å². The van der Waals surface area contributed by atoms with Crippen molar-refractivity contribution in [2.45, 2.75) is 26.3 Å². The van der Waals surface area contributed by atoms with E-state index in [-0.39, 0.29) is 6.04 Å². The van der Waals surface area contributed by atoms with Crippen molar-refractivity contribution in [2.24, 2.45) is 0 Å². The number of amides is 1. The molecule has 98 valence electrons. The maximum atomic E-state index is 11.0. The molecule has 0 saturated carbocycles. The summed E-state index contributed by atoms with van der Waals surface area (Å²) in [6.45, 7) is 4.66. The SMILES string of the molecule is Cc1cccnc1-n1nnc2c1CCN(C=O)C2C. The Morgan fingerprint density at radius 3 is 3.05 bits per heavy atom. The lowest BCUT2D eigenvalue weighted by molar-refractivity contribution is -0.120. The van der Waals surface area contributed by atoms with Gasteiger partial charge in [0.05, 0.1) is 11.7 Å². The van der Waals surface area contributed by atoms with E-state index in [0.29, 0.717) is 6.54 Å². The lowest BCUT2D eigenvalue weighted by Crippen LogP contribution is -2.33. The van der Waals surface area contributed by atoms with Gasteiger partial charge in [-0.2, -0.15) is 4.68 Å². The first-order chi connectivity index (χ1) is 9.22. The van der Waals surface area contributed by atoms with Crippen LogP contribution in [0.1, 0.15) is 29.9 Å². The first-order valence-electron chi connectivity index (χ1n) is 6.30. The molecule has 1 atom stereocenters. The molecule has 0 bridgehead atoms. The highest BCUT2D eigenvalue weighted by Crippen LogP contribution is 2.27. The van der Waals surface area contributed by atoms with Crippen LogP contribution in [0.5, 0.6) is 0 Å². The number of nitrogens with zero attached hydrogens (tertiary/aromatic N) is 5. The highest BCUT2D eigenvalue weighted by atomic mass is 16.1. The van der Waals surface area contributed by atoms with Crippen LogP contribution in [0.4, 0.5) is 0 Å². The number of aryl methyl sites for hydroxylation is 1. The van der Waals surface area contributed by atoms with Gasteiger partial charge in [0.2, 0.25) is 6.41 Å². The van der Waals surface area contributed by atoms with E-state index in [1.807, 2.05) is 26.0 Å². The molecule has 2 aromatic rings. The zero-order valence-electron chi connectivity index (χ0n) is 10.9. The van der Waals surface area contributed by atoms with Crippen LogP contribution in [0.3, 0.4) is 0 Å². The smallest absolute Gasteiger partial charge is 0.210 e. The third kappa shape index (κ3) is 1.80. The molecule has 6 nitrogen and oxygen atoms in total. The summed E-state index contributed by atoms with van der Waals surface area (Å²) in [7, 11) is 0. The number of carbonyl (C=O) groups excluding carboxylic acids is 1. The average molecular weight is 257 g/mol. The molecular weight excluding hydrogens is 242 g/mol. The Hall–Kier alpha value is -2.24. The van der Waals surface area contributed by atoms with Crippen LogP contribution >= 0.6 is 0 Å². The van der Waals surface area contributed by atoms with Gasteiger partial charge in [0.1, 0.15) is 5.69 Å². The van der Waals surface area contributed by atoms with Crippen LogP contribution in [0.2, 0.25) is 0 Å². The second-order valence-corrected chi connectivity index (χ2v) is 4.75. The van der Waals surface area contributed by atoms with E-state index in [1.54, 1.807) is 15.8 Å². The van der Waals surface area contributed by atoms with Gasteiger partial charge >= 0.3 is 0 Å². The summed E-state index contributed by atoms with van der Waals surface area (Å²) in [6.07, 6.45) is 3.38. The van der Waals surface area contributed by atoms with Crippen LogP contribution in [0.25, 0.3) is 5.82 Å². The molecule has 0 aromatic carbocycles. The van der Waals surface area contributed by atoms with Gasteiger partial charge in [-0.1, -0.05) is 11.3 Å². The third-order valence-electron chi connectivity index (χ3n) is 3.61. The van der Waals surface area contributed by atoms with Gasteiger partial charge in [-0.25, -0.2) is 4.98 Å². The minimum Gasteiger partial charge on any atom is -0.336 e. The van der Waals surface area contributed by atoms with Gasteiger partial charge in [-0.15, -0.1) is 5.10 Å². The highest BCUT2D eigenvalue weighted by Gasteiger charge is 2.28. The molecule has 0 saturated heterocycles. The molecule has 0 fully saturated rings. The van der Waals surface area contributed by atoms with E-state index >= 15 is 0 Å². The van der Waals surface area contributed by atoms with Crippen LogP contribution in [0.15, 0.2) is 18.3 Å². The summed E-state index contributed by atoms with van der Waals surface area (Å²) in [4.78, 5) is 17.1. The van der Waals surface area contributed by atoms with Crippen molar-refractivity contribution in [2.75, 3.05) is 6.54 Å². The molecule has 0 N–H and O–H groups in total. The molecule has 0 radical (unpaired) electrons. The number of hydrogen-bond donors (Lipinski definition) is 0.